The molecule has 2 rings (SSSR count). The predicted octanol–water partition coefficient (Wildman–Crippen LogP) is 1.56. The van der Waals surface area contributed by atoms with Gasteiger partial charge in [0.15, 0.2) is 0 Å². The highest BCUT2D eigenvalue weighted by molar-refractivity contribution is 6.35. The van der Waals surface area contributed by atoms with Gasteiger partial charge in [-0.3, -0.25) is 9.59 Å². The van der Waals surface area contributed by atoms with Crippen molar-refractivity contribution in [3.05, 3.63) is 0 Å². The monoisotopic (exact) mass is 339 g/mol. The summed E-state index contributed by atoms with van der Waals surface area (Å²) in [5.41, 5.74) is 0. The minimum Gasteiger partial charge on any atom is -0.450 e. The molecule has 2 fully saturated rings. The third-order valence-corrected chi connectivity index (χ3v) is 4.75. The number of carbonyl (C=O) groups is 3. The highest BCUT2D eigenvalue weighted by Crippen LogP contribution is 2.17. The van der Waals surface area contributed by atoms with Crippen LogP contribution in [0.4, 0.5) is 4.79 Å². The Labute approximate surface area is 143 Å². The molecule has 2 N–H and O–H groups in total. The van der Waals surface area contributed by atoms with Crippen LogP contribution in [-0.4, -0.2) is 54.6 Å². The van der Waals surface area contributed by atoms with Crippen LogP contribution in [0.2, 0.25) is 0 Å². The van der Waals surface area contributed by atoms with Crippen LogP contribution in [0.3, 0.4) is 0 Å². The van der Waals surface area contributed by atoms with E-state index in [4.69, 9.17) is 4.74 Å². The molecular formula is C17H29N3O4. The van der Waals surface area contributed by atoms with E-state index in [1.807, 2.05) is 0 Å². The van der Waals surface area contributed by atoms with E-state index in [2.05, 4.69) is 10.6 Å². The molecule has 1 heterocycles. The fourth-order valence-corrected chi connectivity index (χ4v) is 3.35. The van der Waals surface area contributed by atoms with Gasteiger partial charge in [0.2, 0.25) is 0 Å². The number of nitrogens with zero attached hydrogens (tertiary/aromatic N) is 1. The summed E-state index contributed by atoms with van der Waals surface area (Å²) in [4.78, 5) is 37.4. The number of hydrogen-bond donors (Lipinski definition) is 2. The van der Waals surface area contributed by atoms with E-state index in [0.29, 0.717) is 32.5 Å². The Bertz CT molecular complexity index is 439. The summed E-state index contributed by atoms with van der Waals surface area (Å²) in [5.74, 6) is -1.09. The average Bonchev–Trinajstić information content (AvgIpc) is 2.84. The predicted molar refractivity (Wildman–Crippen MR) is 89.4 cm³/mol. The first-order valence-corrected chi connectivity index (χ1v) is 9.13. The second kappa shape index (κ2) is 9.49. The quantitative estimate of drug-likeness (QED) is 0.603. The molecule has 0 radical (unpaired) electrons. The maximum atomic E-state index is 12.1. The molecule has 0 spiro atoms. The van der Waals surface area contributed by atoms with Gasteiger partial charge in [-0.2, -0.15) is 0 Å². The molecule has 0 aromatic carbocycles. The van der Waals surface area contributed by atoms with Gasteiger partial charge in [0.05, 0.1) is 6.61 Å². The highest BCUT2D eigenvalue weighted by atomic mass is 16.6. The fourth-order valence-electron chi connectivity index (χ4n) is 3.35. The summed E-state index contributed by atoms with van der Waals surface area (Å²) < 4.78 is 4.97. The van der Waals surface area contributed by atoms with Crippen LogP contribution in [0.5, 0.6) is 0 Å². The van der Waals surface area contributed by atoms with E-state index in [-0.39, 0.29) is 18.2 Å². The molecule has 0 unspecified atom stereocenters. The number of hydrogen-bond acceptors (Lipinski definition) is 4. The molecule has 7 nitrogen and oxygen atoms in total. The summed E-state index contributed by atoms with van der Waals surface area (Å²) in [5, 5.41) is 5.64. The number of nitrogens with one attached hydrogen (secondary N) is 2. The van der Waals surface area contributed by atoms with Crippen LogP contribution in [0.25, 0.3) is 0 Å². The molecule has 3 amide bonds. The summed E-state index contributed by atoms with van der Waals surface area (Å²) in [6.45, 7) is 3.21. The van der Waals surface area contributed by atoms with Crippen molar-refractivity contribution in [1.29, 1.82) is 0 Å². The summed E-state index contributed by atoms with van der Waals surface area (Å²) >= 11 is 0. The molecule has 0 bridgehead atoms. The van der Waals surface area contributed by atoms with E-state index >= 15 is 0 Å². The maximum absolute atomic E-state index is 12.1. The lowest BCUT2D eigenvalue weighted by Crippen LogP contribution is -2.51. The number of rotatable bonds is 3. The SMILES string of the molecule is CCOC(=O)N1CCC(NC(=O)C(=O)NC2CCCCCC2)CC1. The third-order valence-electron chi connectivity index (χ3n) is 4.75. The van der Waals surface area contributed by atoms with E-state index < -0.39 is 11.8 Å². The molecule has 24 heavy (non-hydrogen) atoms. The molecule has 1 aliphatic carbocycles. The van der Waals surface area contributed by atoms with Crippen LogP contribution in [0.15, 0.2) is 0 Å². The van der Waals surface area contributed by atoms with Crippen molar-refractivity contribution in [3.8, 4) is 0 Å². The van der Waals surface area contributed by atoms with Crippen molar-refractivity contribution in [2.75, 3.05) is 19.7 Å². The molecule has 1 saturated carbocycles. The van der Waals surface area contributed by atoms with Crippen molar-refractivity contribution < 1.29 is 19.1 Å². The van der Waals surface area contributed by atoms with Gasteiger partial charge >= 0.3 is 17.9 Å². The van der Waals surface area contributed by atoms with Crippen molar-refractivity contribution in [1.82, 2.24) is 15.5 Å². The average molecular weight is 339 g/mol. The lowest BCUT2D eigenvalue weighted by Gasteiger charge is -2.31. The van der Waals surface area contributed by atoms with Crippen LogP contribution in [0, 0.1) is 0 Å². The van der Waals surface area contributed by atoms with Gasteiger partial charge < -0.3 is 20.3 Å². The molecule has 0 atom stereocenters. The zero-order valence-corrected chi connectivity index (χ0v) is 14.5. The molecule has 136 valence electrons. The van der Waals surface area contributed by atoms with Crippen molar-refractivity contribution in [3.63, 3.8) is 0 Å². The van der Waals surface area contributed by atoms with Gasteiger partial charge in [-0.25, -0.2) is 4.79 Å². The Hall–Kier alpha value is -1.79. The lowest BCUT2D eigenvalue weighted by molar-refractivity contribution is -0.140. The smallest absolute Gasteiger partial charge is 0.409 e. The molecular weight excluding hydrogens is 310 g/mol. The summed E-state index contributed by atoms with van der Waals surface area (Å²) in [6.07, 6.45) is 7.51. The summed E-state index contributed by atoms with van der Waals surface area (Å²) in [7, 11) is 0. The van der Waals surface area contributed by atoms with Crippen molar-refractivity contribution in [2.24, 2.45) is 0 Å². The Kier molecular flexibility index (Phi) is 7.34. The summed E-state index contributed by atoms with van der Waals surface area (Å²) in [6, 6.07) is 0.0551. The van der Waals surface area contributed by atoms with Crippen molar-refractivity contribution >= 4 is 17.9 Å². The first kappa shape index (κ1) is 18.5. The van der Waals surface area contributed by atoms with E-state index in [1.54, 1.807) is 11.8 Å². The number of piperidine rings is 1. The number of amides is 3. The van der Waals surface area contributed by atoms with Crippen LogP contribution >= 0.6 is 0 Å². The number of ether oxygens (including phenoxy) is 1. The normalized spacial score (nSPS) is 20.1. The highest BCUT2D eigenvalue weighted by Gasteiger charge is 2.27. The van der Waals surface area contributed by atoms with Crippen LogP contribution in [0.1, 0.15) is 58.3 Å². The first-order valence-electron chi connectivity index (χ1n) is 9.13. The standard InChI is InChI=1S/C17H29N3O4/c1-2-24-17(23)20-11-9-14(10-12-20)19-16(22)15(21)18-13-7-5-3-4-6-8-13/h13-14H,2-12H2,1H3,(H,18,21)(H,19,22). The first-order chi connectivity index (χ1) is 11.6. The molecule has 0 aromatic heterocycles. The second-order valence-corrected chi connectivity index (χ2v) is 6.60. The number of carbonyl (C=O) groups excluding carboxylic acids is 3. The zero-order valence-electron chi connectivity index (χ0n) is 14.5. The third kappa shape index (κ3) is 5.69. The molecule has 2 aliphatic rings. The van der Waals surface area contributed by atoms with Crippen LogP contribution in [-0.2, 0) is 14.3 Å². The maximum Gasteiger partial charge on any atom is 0.409 e. The Balaban J connectivity index is 1.70. The van der Waals surface area contributed by atoms with Crippen LogP contribution < -0.4 is 10.6 Å². The molecule has 7 heteroatoms. The number of likely N-dealkylation sites (tertiary alicyclic amines) is 1. The molecule has 0 aromatic rings. The second-order valence-electron chi connectivity index (χ2n) is 6.60. The van der Waals surface area contributed by atoms with Gasteiger partial charge in [-0.15, -0.1) is 0 Å². The zero-order chi connectivity index (χ0) is 17.4. The van der Waals surface area contributed by atoms with Gasteiger partial charge in [-0.1, -0.05) is 25.7 Å². The van der Waals surface area contributed by atoms with E-state index in [0.717, 1.165) is 25.7 Å². The topological polar surface area (TPSA) is 87.7 Å². The van der Waals surface area contributed by atoms with E-state index in [9.17, 15) is 14.4 Å². The molecule has 1 aliphatic heterocycles. The Morgan fingerprint density at radius 3 is 1.88 bits per heavy atom. The Morgan fingerprint density at radius 2 is 1.38 bits per heavy atom. The van der Waals surface area contributed by atoms with Gasteiger partial charge in [-0.05, 0) is 32.6 Å². The minimum atomic E-state index is -0.561. The largest absolute Gasteiger partial charge is 0.450 e. The van der Waals surface area contributed by atoms with Gasteiger partial charge in [0.1, 0.15) is 0 Å². The van der Waals surface area contributed by atoms with E-state index in [1.165, 1.54) is 12.8 Å². The lowest BCUT2D eigenvalue weighted by atomic mass is 10.1. The van der Waals surface area contributed by atoms with Gasteiger partial charge in [0, 0.05) is 25.2 Å². The minimum absolute atomic E-state index is 0.0666. The fraction of sp³-hybridized carbons (Fsp3) is 0.824. The Morgan fingerprint density at radius 1 is 0.875 bits per heavy atom. The van der Waals surface area contributed by atoms with Gasteiger partial charge in [0.25, 0.3) is 0 Å². The molecule has 1 saturated heterocycles. The van der Waals surface area contributed by atoms with Crippen molar-refractivity contribution in [2.45, 2.75) is 70.4 Å².